The Morgan fingerprint density at radius 3 is 2.68 bits per heavy atom. The van der Waals surface area contributed by atoms with Crippen molar-refractivity contribution in [2.45, 2.75) is 32.6 Å². The van der Waals surface area contributed by atoms with Crippen molar-refractivity contribution in [1.82, 2.24) is 0 Å². The number of ketones is 1. The lowest BCUT2D eigenvalue weighted by molar-refractivity contribution is -0.153. The molecule has 0 amide bonds. The third kappa shape index (κ3) is 4.93. The van der Waals surface area contributed by atoms with Crippen molar-refractivity contribution >= 4 is 34.3 Å². The van der Waals surface area contributed by atoms with E-state index in [-0.39, 0.29) is 17.7 Å². The summed E-state index contributed by atoms with van der Waals surface area (Å²) in [7, 11) is 0. The van der Waals surface area contributed by atoms with Gasteiger partial charge in [-0.15, -0.1) is 0 Å². The molecule has 0 N–H and O–H groups in total. The molecule has 1 saturated carbocycles. The summed E-state index contributed by atoms with van der Waals surface area (Å²) in [5, 5.41) is 0. The first-order valence-electron chi connectivity index (χ1n) is 7.70. The molecule has 3 nitrogen and oxygen atoms in total. The summed E-state index contributed by atoms with van der Waals surface area (Å²) in [5.74, 6) is -0.620. The van der Waals surface area contributed by atoms with Gasteiger partial charge in [-0.1, -0.05) is 24.3 Å². The van der Waals surface area contributed by atoms with Crippen molar-refractivity contribution in [3.05, 3.63) is 45.6 Å². The normalized spacial score (nSPS) is 22.0. The van der Waals surface area contributed by atoms with E-state index in [1.54, 1.807) is 6.92 Å². The third-order valence-corrected chi connectivity index (χ3v) is 4.64. The number of ether oxygens (including phenoxy) is 1. The largest absolute Gasteiger partial charge is 0.465 e. The summed E-state index contributed by atoms with van der Waals surface area (Å²) in [6, 6.07) is 8.43. The quantitative estimate of drug-likeness (QED) is 0.319. The molecule has 0 aromatic heterocycles. The van der Waals surface area contributed by atoms with E-state index in [9.17, 15) is 9.59 Å². The summed E-state index contributed by atoms with van der Waals surface area (Å²) in [6.07, 6.45) is 7.06. The van der Waals surface area contributed by atoms with Crippen LogP contribution in [-0.4, -0.2) is 18.4 Å². The van der Waals surface area contributed by atoms with Crippen LogP contribution in [0.3, 0.4) is 0 Å². The second-order valence-electron chi connectivity index (χ2n) is 5.57. The molecule has 1 aromatic rings. The van der Waals surface area contributed by atoms with Crippen LogP contribution >= 0.6 is 22.6 Å². The summed E-state index contributed by atoms with van der Waals surface area (Å²) < 4.78 is 6.19. The molecule has 1 fully saturated rings. The maximum Gasteiger partial charge on any atom is 0.316 e. The summed E-state index contributed by atoms with van der Waals surface area (Å²) >= 11 is 2.29. The number of carbonyl (C=O) groups is 2. The number of allylic oxidation sites excluding steroid dienone is 2. The summed E-state index contributed by atoms with van der Waals surface area (Å²) in [5.41, 5.74) is 1.27. The molecule has 1 aromatic carbocycles. The number of hydrogen-bond acceptors (Lipinski definition) is 3. The third-order valence-electron chi connectivity index (χ3n) is 3.92. The first-order chi connectivity index (χ1) is 10.6. The molecule has 0 saturated heterocycles. The highest BCUT2D eigenvalue weighted by Crippen LogP contribution is 2.28. The molecule has 1 aliphatic rings. The summed E-state index contributed by atoms with van der Waals surface area (Å²) in [6.45, 7) is 2.10. The van der Waals surface area contributed by atoms with Gasteiger partial charge < -0.3 is 4.74 Å². The van der Waals surface area contributed by atoms with E-state index in [1.807, 2.05) is 0 Å². The highest BCUT2D eigenvalue weighted by Gasteiger charge is 2.33. The highest BCUT2D eigenvalue weighted by molar-refractivity contribution is 14.1. The molecule has 0 bridgehead atoms. The molecule has 1 aliphatic carbocycles. The Bertz CT molecular complexity index is 548. The molecule has 0 aliphatic heterocycles. The van der Waals surface area contributed by atoms with Gasteiger partial charge in [0.15, 0.2) is 0 Å². The minimum atomic E-state index is -0.541. The van der Waals surface area contributed by atoms with E-state index in [4.69, 9.17) is 4.74 Å². The topological polar surface area (TPSA) is 43.4 Å². The van der Waals surface area contributed by atoms with Crippen LogP contribution in [-0.2, 0) is 20.7 Å². The number of benzene rings is 1. The Hall–Kier alpha value is -1.17. The zero-order chi connectivity index (χ0) is 15.9. The predicted octanol–water partition coefficient (Wildman–Crippen LogP) is 3.94. The van der Waals surface area contributed by atoms with Gasteiger partial charge in [0, 0.05) is 9.99 Å². The van der Waals surface area contributed by atoms with E-state index >= 15 is 0 Å². The Morgan fingerprint density at radius 1 is 1.32 bits per heavy atom. The Morgan fingerprint density at radius 2 is 2.05 bits per heavy atom. The second kappa shape index (κ2) is 8.46. The second-order valence-corrected chi connectivity index (χ2v) is 6.82. The first-order valence-corrected chi connectivity index (χ1v) is 8.78. The van der Waals surface area contributed by atoms with Crippen molar-refractivity contribution in [2.24, 2.45) is 11.8 Å². The lowest BCUT2D eigenvalue weighted by atomic mass is 9.80. The number of esters is 1. The van der Waals surface area contributed by atoms with E-state index in [0.717, 1.165) is 12.8 Å². The minimum Gasteiger partial charge on any atom is -0.465 e. The van der Waals surface area contributed by atoms with Crippen molar-refractivity contribution in [3.8, 4) is 0 Å². The number of hydrogen-bond donors (Lipinski definition) is 0. The molecule has 0 radical (unpaired) electrons. The molecular weight excluding hydrogens is 391 g/mol. The van der Waals surface area contributed by atoms with Crippen molar-refractivity contribution in [1.29, 1.82) is 0 Å². The fourth-order valence-corrected chi connectivity index (χ4v) is 3.08. The molecule has 118 valence electrons. The molecular formula is C18H21IO3. The Balaban J connectivity index is 1.83. The fraction of sp³-hybridized carbons (Fsp3) is 0.444. The van der Waals surface area contributed by atoms with E-state index in [1.165, 1.54) is 9.13 Å². The van der Waals surface area contributed by atoms with Crippen LogP contribution in [0, 0.1) is 15.4 Å². The van der Waals surface area contributed by atoms with Gasteiger partial charge in [-0.25, -0.2) is 0 Å². The lowest BCUT2D eigenvalue weighted by Gasteiger charge is -2.24. The van der Waals surface area contributed by atoms with Crippen LogP contribution in [0.15, 0.2) is 36.4 Å². The highest BCUT2D eigenvalue weighted by atomic mass is 127. The molecule has 0 spiro atoms. The summed E-state index contributed by atoms with van der Waals surface area (Å²) in [4.78, 5) is 23.7. The van der Waals surface area contributed by atoms with Crippen LogP contribution in [0.2, 0.25) is 0 Å². The van der Waals surface area contributed by atoms with Gasteiger partial charge in [0.25, 0.3) is 0 Å². The molecule has 2 rings (SSSR count). The number of halogens is 1. The fourth-order valence-electron chi connectivity index (χ4n) is 2.72. The minimum absolute atomic E-state index is 0.0219. The molecule has 2 atom stereocenters. The monoisotopic (exact) mass is 412 g/mol. The van der Waals surface area contributed by atoms with Crippen molar-refractivity contribution in [2.75, 3.05) is 6.61 Å². The molecule has 0 heterocycles. The Labute approximate surface area is 145 Å². The van der Waals surface area contributed by atoms with Crippen LogP contribution in [0.4, 0.5) is 0 Å². The number of rotatable bonds is 5. The first kappa shape index (κ1) is 17.2. The average molecular weight is 412 g/mol. The molecule has 22 heavy (non-hydrogen) atoms. The van der Waals surface area contributed by atoms with Crippen LogP contribution in [0.25, 0.3) is 0 Å². The SMILES string of the molecule is CCOC(=O)C1CCC(/C=C/Cc2ccc(I)cc2)CC1=O. The van der Waals surface area contributed by atoms with Gasteiger partial charge in [0.2, 0.25) is 0 Å². The van der Waals surface area contributed by atoms with Gasteiger partial charge in [-0.3, -0.25) is 9.59 Å². The zero-order valence-electron chi connectivity index (χ0n) is 12.8. The number of Topliss-reactive ketones (excluding diaryl/α,β-unsaturated/α-hetero) is 1. The average Bonchev–Trinajstić information content (AvgIpc) is 2.49. The molecule has 2 unspecified atom stereocenters. The molecule has 4 heteroatoms. The predicted molar refractivity (Wildman–Crippen MR) is 94.5 cm³/mol. The standard InChI is InChI=1S/C18H21IO3/c1-2-22-18(21)16-11-8-14(12-17(16)20)5-3-4-13-6-9-15(19)10-7-13/h3,5-7,9-10,14,16H,2,4,8,11-12H2,1H3/b5-3+. The van der Waals surface area contributed by atoms with Gasteiger partial charge in [0.1, 0.15) is 11.7 Å². The zero-order valence-corrected chi connectivity index (χ0v) is 14.9. The maximum atomic E-state index is 12.1. The van der Waals surface area contributed by atoms with Crippen LogP contribution in [0.1, 0.15) is 31.7 Å². The van der Waals surface area contributed by atoms with Gasteiger partial charge in [-0.2, -0.15) is 0 Å². The van der Waals surface area contributed by atoms with E-state index in [2.05, 4.69) is 59.0 Å². The smallest absolute Gasteiger partial charge is 0.316 e. The maximum absolute atomic E-state index is 12.1. The van der Waals surface area contributed by atoms with E-state index < -0.39 is 5.92 Å². The van der Waals surface area contributed by atoms with Crippen LogP contribution in [0.5, 0.6) is 0 Å². The van der Waals surface area contributed by atoms with Gasteiger partial charge >= 0.3 is 5.97 Å². The van der Waals surface area contributed by atoms with Gasteiger partial charge in [0.05, 0.1) is 6.61 Å². The van der Waals surface area contributed by atoms with Gasteiger partial charge in [-0.05, 0) is 72.4 Å². The number of carbonyl (C=O) groups excluding carboxylic acids is 2. The lowest BCUT2D eigenvalue weighted by Crippen LogP contribution is -2.31. The van der Waals surface area contributed by atoms with E-state index in [0.29, 0.717) is 19.4 Å². The van der Waals surface area contributed by atoms with Crippen molar-refractivity contribution in [3.63, 3.8) is 0 Å². The van der Waals surface area contributed by atoms with Crippen molar-refractivity contribution < 1.29 is 14.3 Å². The van der Waals surface area contributed by atoms with Crippen LogP contribution < -0.4 is 0 Å². The Kier molecular flexibility index (Phi) is 6.61.